The number of anilines is 2. The first-order valence-corrected chi connectivity index (χ1v) is 9.15. The number of piperidine rings is 1. The second kappa shape index (κ2) is 6.78. The van der Waals surface area contributed by atoms with Crippen LogP contribution in [0.1, 0.15) is 53.8 Å². The van der Waals surface area contributed by atoms with Crippen molar-refractivity contribution in [1.82, 2.24) is 9.88 Å². The molecule has 2 N–H and O–H groups in total. The first-order valence-electron chi connectivity index (χ1n) is 9.15. The van der Waals surface area contributed by atoms with Crippen molar-refractivity contribution in [3.8, 4) is 0 Å². The summed E-state index contributed by atoms with van der Waals surface area (Å²) in [5.74, 6) is 0.593. The molecule has 3 amide bonds. The minimum absolute atomic E-state index is 0.0734. The molecule has 0 spiro atoms. The van der Waals surface area contributed by atoms with Crippen LogP contribution < -0.4 is 10.6 Å². The molecule has 2 aliphatic heterocycles. The molecule has 1 saturated heterocycles. The minimum atomic E-state index is -0.346. The lowest BCUT2D eigenvalue weighted by atomic mass is 9.96. The summed E-state index contributed by atoms with van der Waals surface area (Å²) in [5.41, 5.74) is 3.28. The first-order chi connectivity index (χ1) is 12.7. The van der Waals surface area contributed by atoms with Gasteiger partial charge in [-0.15, -0.1) is 0 Å². The Hall–Kier alpha value is -2.89. The Kier molecular flexibility index (Phi) is 4.32. The van der Waals surface area contributed by atoms with Crippen molar-refractivity contribution in [3.63, 3.8) is 0 Å². The van der Waals surface area contributed by atoms with Gasteiger partial charge in [0.2, 0.25) is 0 Å². The fourth-order valence-corrected chi connectivity index (χ4v) is 3.87. The van der Waals surface area contributed by atoms with E-state index in [1.54, 1.807) is 6.07 Å². The predicted octanol–water partition coefficient (Wildman–Crippen LogP) is 3.97. The molecule has 26 heavy (non-hydrogen) atoms. The van der Waals surface area contributed by atoms with Crippen LogP contribution in [-0.4, -0.2) is 28.4 Å². The van der Waals surface area contributed by atoms with E-state index >= 15 is 0 Å². The molecule has 1 atom stereocenters. The largest absolute Gasteiger partial charge is 0.331 e. The van der Waals surface area contributed by atoms with Crippen molar-refractivity contribution in [2.45, 2.75) is 38.6 Å². The zero-order chi connectivity index (χ0) is 18.1. The molecule has 2 aromatic rings. The predicted molar refractivity (Wildman–Crippen MR) is 100 cm³/mol. The summed E-state index contributed by atoms with van der Waals surface area (Å²) in [7, 11) is 0. The SMILES string of the molecule is CCc1cccc(NC(=O)Nc2cccc3c2C2CCCCN2C3=O)n1. The third-order valence-electron chi connectivity index (χ3n) is 5.09. The number of hydrogen-bond acceptors (Lipinski definition) is 3. The number of fused-ring (bicyclic) bond motifs is 3. The van der Waals surface area contributed by atoms with Crippen LogP contribution in [0, 0.1) is 0 Å². The molecule has 3 heterocycles. The third kappa shape index (κ3) is 2.92. The van der Waals surface area contributed by atoms with Gasteiger partial charge in [0.05, 0.1) is 6.04 Å². The van der Waals surface area contributed by atoms with Crippen molar-refractivity contribution >= 4 is 23.4 Å². The van der Waals surface area contributed by atoms with Gasteiger partial charge < -0.3 is 10.2 Å². The Morgan fingerprint density at radius 2 is 2.04 bits per heavy atom. The van der Waals surface area contributed by atoms with Gasteiger partial charge in [-0.05, 0) is 49.9 Å². The van der Waals surface area contributed by atoms with Gasteiger partial charge >= 0.3 is 6.03 Å². The Labute approximate surface area is 152 Å². The van der Waals surface area contributed by atoms with E-state index in [4.69, 9.17) is 0 Å². The maximum absolute atomic E-state index is 12.6. The Morgan fingerprint density at radius 3 is 2.88 bits per heavy atom. The minimum Gasteiger partial charge on any atom is -0.331 e. The number of carbonyl (C=O) groups excluding carboxylic acids is 2. The summed E-state index contributed by atoms with van der Waals surface area (Å²) in [4.78, 5) is 31.4. The van der Waals surface area contributed by atoms with E-state index in [1.807, 2.05) is 42.2 Å². The molecular weight excluding hydrogens is 328 g/mol. The molecule has 1 fully saturated rings. The van der Waals surface area contributed by atoms with E-state index in [1.165, 1.54) is 0 Å². The van der Waals surface area contributed by atoms with E-state index in [0.29, 0.717) is 17.1 Å². The molecule has 0 radical (unpaired) electrons. The van der Waals surface area contributed by atoms with Crippen molar-refractivity contribution < 1.29 is 9.59 Å². The van der Waals surface area contributed by atoms with Crippen LogP contribution in [0.25, 0.3) is 0 Å². The Morgan fingerprint density at radius 1 is 1.19 bits per heavy atom. The molecule has 134 valence electrons. The molecule has 2 aliphatic rings. The fraction of sp³-hybridized carbons (Fsp3) is 0.350. The molecule has 0 aliphatic carbocycles. The van der Waals surface area contributed by atoms with Crippen LogP contribution in [-0.2, 0) is 6.42 Å². The van der Waals surface area contributed by atoms with Crippen LogP contribution in [0.3, 0.4) is 0 Å². The number of nitrogens with one attached hydrogen (secondary N) is 2. The third-order valence-corrected chi connectivity index (χ3v) is 5.09. The van der Waals surface area contributed by atoms with E-state index in [9.17, 15) is 9.59 Å². The van der Waals surface area contributed by atoms with Gasteiger partial charge in [-0.2, -0.15) is 0 Å². The normalized spacial score (nSPS) is 18.3. The molecule has 4 rings (SSSR count). The van der Waals surface area contributed by atoms with Gasteiger partial charge in [-0.3, -0.25) is 10.1 Å². The maximum Gasteiger partial charge on any atom is 0.324 e. The Balaban J connectivity index is 1.56. The second-order valence-electron chi connectivity index (χ2n) is 6.72. The summed E-state index contributed by atoms with van der Waals surface area (Å²) in [6, 6.07) is 10.8. The lowest BCUT2D eigenvalue weighted by Crippen LogP contribution is -2.32. The highest BCUT2D eigenvalue weighted by molar-refractivity contribution is 6.04. The van der Waals surface area contributed by atoms with Gasteiger partial charge in [-0.25, -0.2) is 9.78 Å². The molecule has 1 aromatic heterocycles. The molecular formula is C20H22N4O2. The lowest BCUT2D eigenvalue weighted by molar-refractivity contribution is 0.0672. The molecule has 0 saturated carbocycles. The van der Waals surface area contributed by atoms with Gasteiger partial charge in [0.1, 0.15) is 5.82 Å². The maximum atomic E-state index is 12.6. The highest BCUT2D eigenvalue weighted by atomic mass is 16.2. The highest BCUT2D eigenvalue weighted by Gasteiger charge is 2.39. The number of urea groups is 1. The summed E-state index contributed by atoms with van der Waals surface area (Å²) in [6.45, 7) is 2.81. The number of nitrogens with zero attached hydrogens (tertiary/aromatic N) is 2. The zero-order valence-electron chi connectivity index (χ0n) is 14.8. The number of aromatic nitrogens is 1. The quantitative estimate of drug-likeness (QED) is 0.879. The number of pyridine rings is 1. The summed E-state index contributed by atoms with van der Waals surface area (Å²) in [5, 5.41) is 5.69. The topological polar surface area (TPSA) is 74.3 Å². The fourth-order valence-electron chi connectivity index (χ4n) is 3.87. The van der Waals surface area contributed by atoms with Crippen molar-refractivity contribution in [2.75, 3.05) is 17.2 Å². The van der Waals surface area contributed by atoms with E-state index < -0.39 is 0 Å². The lowest BCUT2D eigenvalue weighted by Gasteiger charge is -2.30. The average molecular weight is 350 g/mol. The number of benzene rings is 1. The number of amides is 3. The van der Waals surface area contributed by atoms with E-state index in [-0.39, 0.29) is 18.0 Å². The molecule has 6 heteroatoms. The van der Waals surface area contributed by atoms with Crippen molar-refractivity contribution in [2.24, 2.45) is 0 Å². The number of carbonyl (C=O) groups is 2. The smallest absolute Gasteiger partial charge is 0.324 e. The van der Waals surface area contributed by atoms with Crippen LogP contribution in [0.4, 0.5) is 16.3 Å². The van der Waals surface area contributed by atoms with Crippen LogP contribution in [0.5, 0.6) is 0 Å². The molecule has 0 bridgehead atoms. The van der Waals surface area contributed by atoms with E-state index in [2.05, 4.69) is 15.6 Å². The van der Waals surface area contributed by atoms with Gasteiger partial charge in [0.15, 0.2) is 0 Å². The van der Waals surface area contributed by atoms with Crippen LogP contribution >= 0.6 is 0 Å². The van der Waals surface area contributed by atoms with Gasteiger partial charge in [-0.1, -0.05) is 19.1 Å². The summed E-state index contributed by atoms with van der Waals surface area (Å²) in [6.07, 6.45) is 3.89. The van der Waals surface area contributed by atoms with Gasteiger partial charge in [0, 0.05) is 29.1 Å². The molecule has 6 nitrogen and oxygen atoms in total. The van der Waals surface area contributed by atoms with Crippen molar-refractivity contribution in [1.29, 1.82) is 0 Å². The Bertz CT molecular complexity index is 865. The van der Waals surface area contributed by atoms with Crippen molar-refractivity contribution in [3.05, 3.63) is 53.2 Å². The number of aryl methyl sites for hydroxylation is 1. The number of hydrogen-bond donors (Lipinski definition) is 2. The van der Waals surface area contributed by atoms with Crippen LogP contribution in [0.2, 0.25) is 0 Å². The average Bonchev–Trinajstić information content (AvgIpc) is 2.96. The van der Waals surface area contributed by atoms with Crippen LogP contribution in [0.15, 0.2) is 36.4 Å². The first kappa shape index (κ1) is 16.6. The monoisotopic (exact) mass is 350 g/mol. The molecule has 1 aromatic carbocycles. The highest BCUT2D eigenvalue weighted by Crippen LogP contribution is 2.43. The van der Waals surface area contributed by atoms with E-state index in [0.717, 1.165) is 43.5 Å². The standard InChI is InChI=1S/C20H22N4O2/c1-2-13-7-5-11-17(21-13)23-20(26)22-15-9-6-8-14-18(15)16-10-3-4-12-24(16)19(14)25/h5-9,11,16H,2-4,10,12H2,1H3,(H2,21,22,23,26). The zero-order valence-corrected chi connectivity index (χ0v) is 14.8. The molecule has 1 unspecified atom stereocenters. The summed E-state index contributed by atoms with van der Waals surface area (Å²) >= 11 is 0. The second-order valence-corrected chi connectivity index (χ2v) is 6.72. The number of rotatable bonds is 3. The summed E-state index contributed by atoms with van der Waals surface area (Å²) < 4.78 is 0. The van der Waals surface area contributed by atoms with Gasteiger partial charge in [0.25, 0.3) is 5.91 Å².